The maximum atomic E-state index is 12.7. The smallest absolute Gasteiger partial charge is 0.321 e. The summed E-state index contributed by atoms with van der Waals surface area (Å²) in [5, 5.41) is 9.28. The van der Waals surface area contributed by atoms with Gasteiger partial charge in [-0.2, -0.15) is 0 Å². The van der Waals surface area contributed by atoms with E-state index in [9.17, 15) is 4.79 Å². The molecule has 0 radical (unpaired) electrons. The summed E-state index contributed by atoms with van der Waals surface area (Å²) >= 11 is 0. The van der Waals surface area contributed by atoms with Gasteiger partial charge in [0.2, 0.25) is 0 Å². The molecule has 0 unspecified atom stereocenters. The van der Waals surface area contributed by atoms with Crippen molar-refractivity contribution in [3.63, 3.8) is 0 Å². The first-order chi connectivity index (χ1) is 13.1. The summed E-state index contributed by atoms with van der Waals surface area (Å²) in [5.74, 6) is 0.878. The highest BCUT2D eigenvalue weighted by Gasteiger charge is 2.23. The number of fused-ring (bicyclic) bond motifs is 1. The van der Waals surface area contributed by atoms with Crippen molar-refractivity contribution < 1.29 is 9.32 Å². The van der Waals surface area contributed by atoms with Gasteiger partial charge in [-0.15, -0.1) is 0 Å². The van der Waals surface area contributed by atoms with E-state index in [1.54, 1.807) is 0 Å². The number of nitrogens with one attached hydrogen (secondary N) is 1. The first-order valence-electron chi connectivity index (χ1n) is 9.29. The van der Waals surface area contributed by atoms with E-state index in [1.807, 2.05) is 49.1 Å². The second-order valence-electron chi connectivity index (χ2n) is 7.02. The van der Waals surface area contributed by atoms with E-state index in [4.69, 9.17) is 4.52 Å². The summed E-state index contributed by atoms with van der Waals surface area (Å²) in [6.07, 6.45) is 0. The molecular formula is C21H24N4O2. The zero-order chi connectivity index (χ0) is 18.8. The minimum absolute atomic E-state index is 0.0386. The Kier molecular flexibility index (Phi) is 4.81. The number of carbonyl (C=O) groups excluding carboxylic acids is 1. The Hall–Kier alpha value is -2.86. The number of hydrogen-bond donors (Lipinski definition) is 1. The predicted octanol–water partition coefficient (Wildman–Crippen LogP) is 3.79. The summed E-state index contributed by atoms with van der Waals surface area (Å²) in [5.41, 5.74) is 2.96. The molecule has 1 aliphatic rings. The molecule has 0 spiro atoms. The highest BCUT2D eigenvalue weighted by Crippen LogP contribution is 2.23. The lowest BCUT2D eigenvalue weighted by Crippen LogP contribution is -2.49. The van der Waals surface area contributed by atoms with Crippen molar-refractivity contribution in [2.75, 3.05) is 31.5 Å². The molecule has 1 fully saturated rings. The summed E-state index contributed by atoms with van der Waals surface area (Å²) in [6.45, 7) is 7.84. The molecule has 27 heavy (non-hydrogen) atoms. The summed E-state index contributed by atoms with van der Waals surface area (Å²) in [4.78, 5) is 16.9. The van der Waals surface area contributed by atoms with Gasteiger partial charge in [-0.1, -0.05) is 41.6 Å². The number of urea groups is 1. The zero-order valence-electron chi connectivity index (χ0n) is 15.7. The molecular weight excluding hydrogens is 340 g/mol. The van der Waals surface area contributed by atoms with E-state index >= 15 is 0 Å². The largest absolute Gasteiger partial charge is 0.361 e. The molecule has 140 valence electrons. The van der Waals surface area contributed by atoms with Crippen molar-refractivity contribution in [1.82, 2.24) is 15.0 Å². The predicted molar refractivity (Wildman–Crippen MR) is 106 cm³/mol. The summed E-state index contributed by atoms with van der Waals surface area (Å²) in [6, 6.07) is 14.0. The van der Waals surface area contributed by atoms with Crippen LogP contribution in [0.25, 0.3) is 10.8 Å². The van der Waals surface area contributed by atoms with Crippen LogP contribution >= 0.6 is 0 Å². The first-order valence-corrected chi connectivity index (χ1v) is 9.29. The van der Waals surface area contributed by atoms with E-state index in [2.05, 4.69) is 27.5 Å². The van der Waals surface area contributed by atoms with E-state index < -0.39 is 0 Å². The molecule has 1 saturated heterocycles. The van der Waals surface area contributed by atoms with E-state index in [0.717, 1.165) is 53.1 Å². The van der Waals surface area contributed by atoms with Crippen LogP contribution in [0.15, 0.2) is 47.0 Å². The van der Waals surface area contributed by atoms with Crippen LogP contribution in [0.2, 0.25) is 0 Å². The lowest BCUT2D eigenvalue weighted by molar-refractivity contribution is 0.142. The number of nitrogens with zero attached hydrogens (tertiary/aromatic N) is 3. The third-order valence-electron chi connectivity index (χ3n) is 5.25. The van der Waals surface area contributed by atoms with E-state index in [1.165, 1.54) is 0 Å². The van der Waals surface area contributed by atoms with Crippen LogP contribution in [0.3, 0.4) is 0 Å². The van der Waals surface area contributed by atoms with Crippen molar-refractivity contribution in [1.29, 1.82) is 0 Å². The molecule has 2 amide bonds. The van der Waals surface area contributed by atoms with Gasteiger partial charge in [0, 0.05) is 43.7 Å². The summed E-state index contributed by atoms with van der Waals surface area (Å²) < 4.78 is 5.25. The number of benzene rings is 2. The Morgan fingerprint density at radius 2 is 1.81 bits per heavy atom. The van der Waals surface area contributed by atoms with Crippen molar-refractivity contribution in [2.45, 2.75) is 20.4 Å². The molecule has 1 aromatic heterocycles. The minimum atomic E-state index is -0.0386. The van der Waals surface area contributed by atoms with Gasteiger partial charge in [-0.3, -0.25) is 4.90 Å². The molecule has 0 bridgehead atoms. The number of aryl methyl sites for hydroxylation is 2. The Bertz CT molecular complexity index is 933. The average molecular weight is 364 g/mol. The second kappa shape index (κ2) is 7.40. The second-order valence-corrected chi connectivity index (χ2v) is 7.02. The van der Waals surface area contributed by atoms with E-state index in [0.29, 0.717) is 13.1 Å². The van der Waals surface area contributed by atoms with Gasteiger partial charge < -0.3 is 14.7 Å². The maximum absolute atomic E-state index is 12.7. The van der Waals surface area contributed by atoms with Crippen LogP contribution in [0.5, 0.6) is 0 Å². The maximum Gasteiger partial charge on any atom is 0.321 e. The molecule has 1 aliphatic heterocycles. The molecule has 0 saturated carbocycles. The Morgan fingerprint density at radius 1 is 1.07 bits per heavy atom. The average Bonchev–Trinajstić information content (AvgIpc) is 3.01. The number of anilines is 1. The molecule has 6 heteroatoms. The molecule has 1 N–H and O–H groups in total. The van der Waals surface area contributed by atoms with Crippen molar-refractivity contribution >= 4 is 22.5 Å². The Morgan fingerprint density at radius 3 is 2.56 bits per heavy atom. The Balaban J connectivity index is 1.37. The summed E-state index contributed by atoms with van der Waals surface area (Å²) in [7, 11) is 0. The van der Waals surface area contributed by atoms with Gasteiger partial charge in [-0.25, -0.2) is 4.79 Å². The molecule has 2 aromatic carbocycles. The van der Waals surface area contributed by atoms with Gasteiger partial charge in [0.15, 0.2) is 0 Å². The number of piperazine rings is 1. The van der Waals surface area contributed by atoms with Crippen LogP contribution < -0.4 is 5.32 Å². The molecule has 0 aliphatic carbocycles. The highest BCUT2D eigenvalue weighted by molar-refractivity contribution is 6.01. The van der Waals surface area contributed by atoms with Crippen LogP contribution in [-0.2, 0) is 6.54 Å². The molecule has 0 atom stereocenters. The highest BCUT2D eigenvalue weighted by atomic mass is 16.5. The molecule has 2 heterocycles. The topological polar surface area (TPSA) is 61.6 Å². The van der Waals surface area contributed by atoms with Crippen LogP contribution in [0, 0.1) is 13.8 Å². The lowest BCUT2D eigenvalue weighted by Gasteiger charge is -2.34. The number of rotatable bonds is 3. The van der Waals surface area contributed by atoms with Gasteiger partial charge >= 0.3 is 6.03 Å². The van der Waals surface area contributed by atoms with Gasteiger partial charge in [0.1, 0.15) is 5.76 Å². The van der Waals surface area contributed by atoms with Crippen molar-refractivity contribution in [3.8, 4) is 0 Å². The number of amides is 2. The monoisotopic (exact) mass is 364 g/mol. The number of hydrogen-bond acceptors (Lipinski definition) is 4. The fraction of sp³-hybridized carbons (Fsp3) is 0.333. The van der Waals surface area contributed by atoms with Crippen molar-refractivity contribution in [3.05, 3.63) is 59.5 Å². The van der Waals surface area contributed by atoms with Gasteiger partial charge in [0.25, 0.3) is 0 Å². The lowest BCUT2D eigenvalue weighted by atomic mass is 10.1. The van der Waals surface area contributed by atoms with E-state index in [-0.39, 0.29) is 6.03 Å². The van der Waals surface area contributed by atoms with Gasteiger partial charge in [-0.05, 0) is 25.3 Å². The van der Waals surface area contributed by atoms with Crippen molar-refractivity contribution in [2.24, 2.45) is 0 Å². The first kappa shape index (κ1) is 17.5. The molecule has 4 rings (SSSR count). The fourth-order valence-electron chi connectivity index (χ4n) is 3.59. The zero-order valence-corrected chi connectivity index (χ0v) is 15.7. The quantitative estimate of drug-likeness (QED) is 0.768. The SMILES string of the molecule is Cc1noc(C)c1CN1CCN(C(=O)Nc2cccc3ccccc23)CC1. The standard InChI is InChI=1S/C21H24N4O2/c1-15-19(16(2)27-23-15)14-24-10-12-25(13-11-24)21(26)22-20-9-5-7-17-6-3-4-8-18(17)20/h3-9H,10-14H2,1-2H3,(H,22,26). The normalized spacial score (nSPS) is 15.3. The third kappa shape index (κ3) is 3.66. The Labute approximate surface area is 158 Å². The van der Waals surface area contributed by atoms with Crippen LogP contribution in [0.1, 0.15) is 17.0 Å². The molecule has 3 aromatic rings. The third-order valence-corrected chi connectivity index (χ3v) is 5.25. The molecule has 6 nitrogen and oxygen atoms in total. The number of carbonyl (C=O) groups is 1. The van der Waals surface area contributed by atoms with Crippen LogP contribution in [0.4, 0.5) is 10.5 Å². The minimum Gasteiger partial charge on any atom is -0.361 e. The fourth-order valence-corrected chi connectivity index (χ4v) is 3.59. The van der Waals surface area contributed by atoms with Crippen LogP contribution in [-0.4, -0.2) is 47.2 Å². The number of aromatic nitrogens is 1. The van der Waals surface area contributed by atoms with Gasteiger partial charge in [0.05, 0.1) is 11.4 Å².